The highest BCUT2D eigenvalue weighted by molar-refractivity contribution is 9.10. The zero-order valence-electron chi connectivity index (χ0n) is 9.89. The first-order valence-corrected chi connectivity index (χ1v) is 6.24. The summed E-state index contributed by atoms with van der Waals surface area (Å²) in [5.74, 6) is 0.680. The van der Waals surface area contributed by atoms with E-state index in [-0.39, 0.29) is 6.61 Å². The zero-order chi connectivity index (χ0) is 13.0. The quantitative estimate of drug-likeness (QED) is 0.942. The molecule has 2 rings (SSSR count). The van der Waals surface area contributed by atoms with E-state index in [0.29, 0.717) is 5.82 Å². The number of nitrogens with one attached hydrogen (secondary N) is 1. The Morgan fingerprint density at radius 2 is 2.11 bits per heavy atom. The summed E-state index contributed by atoms with van der Waals surface area (Å²) in [6.07, 6.45) is 1.39. The third-order valence-electron chi connectivity index (χ3n) is 2.41. The summed E-state index contributed by atoms with van der Waals surface area (Å²) < 4.78 is 7.82. The number of nitrogens with zero attached hydrogens (tertiary/aromatic N) is 1. The smallest absolute Gasteiger partial charge is 0.413 e. The molecule has 0 saturated heterocycles. The molecule has 0 bridgehead atoms. The van der Waals surface area contributed by atoms with Gasteiger partial charge in [0.2, 0.25) is 0 Å². The number of anilines is 1. The highest BCUT2D eigenvalue weighted by atomic mass is 79.9. The highest BCUT2D eigenvalue weighted by Gasteiger charge is 2.07. The highest BCUT2D eigenvalue weighted by Crippen LogP contribution is 2.18. The van der Waals surface area contributed by atoms with Crippen LogP contribution in [-0.2, 0) is 18.4 Å². The number of hydrogen-bond acceptors (Lipinski definition) is 2. The topological polar surface area (TPSA) is 43.3 Å². The SMILES string of the molecule is Cn1cc(Br)cc1NC(=O)OCc1ccccc1. The van der Waals surface area contributed by atoms with Crippen LogP contribution in [0.5, 0.6) is 0 Å². The number of carbonyl (C=O) groups excluding carboxylic acids is 1. The second kappa shape index (κ2) is 5.73. The average molecular weight is 309 g/mol. The number of aryl methyl sites for hydroxylation is 1. The summed E-state index contributed by atoms with van der Waals surface area (Å²) in [6, 6.07) is 11.4. The molecule has 0 saturated carbocycles. The van der Waals surface area contributed by atoms with Gasteiger partial charge in [0.1, 0.15) is 12.4 Å². The normalized spacial score (nSPS) is 10.1. The van der Waals surface area contributed by atoms with E-state index in [1.165, 1.54) is 0 Å². The van der Waals surface area contributed by atoms with Gasteiger partial charge in [-0.25, -0.2) is 4.79 Å². The number of ether oxygens (including phenoxy) is 1. The first-order valence-electron chi connectivity index (χ1n) is 5.45. The lowest BCUT2D eigenvalue weighted by Gasteiger charge is -2.07. The first-order chi connectivity index (χ1) is 8.65. The Balaban J connectivity index is 1.88. The maximum absolute atomic E-state index is 11.6. The molecule has 0 atom stereocenters. The van der Waals surface area contributed by atoms with Crippen molar-refractivity contribution in [1.82, 2.24) is 4.57 Å². The molecule has 94 valence electrons. The first kappa shape index (κ1) is 12.7. The second-order valence-corrected chi connectivity index (χ2v) is 4.76. The third kappa shape index (κ3) is 3.37. The summed E-state index contributed by atoms with van der Waals surface area (Å²) in [5.41, 5.74) is 0.959. The fourth-order valence-electron chi connectivity index (χ4n) is 1.51. The van der Waals surface area contributed by atoms with E-state index < -0.39 is 6.09 Å². The number of aromatic nitrogens is 1. The molecule has 1 heterocycles. The molecule has 1 aromatic heterocycles. The average Bonchev–Trinajstić information content (AvgIpc) is 2.67. The standard InChI is InChI=1S/C13H13BrN2O2/c1-16-8-11(14)7-12(16)15-13(17)18-9-10-5-3-2-4-6-10/h2-8H,9H2,1H3,(H,15,17). The van der Waals surface area contributed by atoms with E-state index in [1.54, 1.807) is 4.57 Å². The minimum absolute atomic E-state index is 0.262. The number of benzene rings is 1. The van der Waals surface area contributed by atoms with E-state index in [4.69, 9.17) is 4.74 Å². The molecule has 0 aliphatic rings. The molecule has 0 spiro atoms. The van der Waals surface area contributed by atoms with Crippen LogP contribution in [0, 0.1) is 0 Å². The van der Waals surface area contributed by atoms with Crippen molar-refractivity contribution in [3.63, 3.8) is 0 Å². The number of carbonyl (C=O) groups is 1. The van der Waals surface area contributed by atoms with Crippen LogP contribution in [0.15, 0.2) is 47.1 Å². The van der Waals surface area contributed by atoms with Crippen molar-refractivity contribution in [1.29, 1.82) is 0 Å². The Hall–Kier alpha value is -1.75. The van der Waals surface area contributed by atoms with Crippen molar-refractivity contribution < 1.29 is 9.53 Å². The van der Waals surface area contributed by atoms with Crippen molar-refractivity contribution in [2.75, 3.05) is 5.32 Å². The summed E-state index contributed by atoms with van der Waals surface area (Å²) in [5, 5.41) is 2.67. The Bertz CT molecular complexity index is 537. The Morgan fingerprint density at radius 1 is 1.39 bits per heavy atom. The van der Waals surface area contributed by atoms with Gasteiger partial charge in [-0.05, 0) is 27.6 Å². The Morgan fingerprint density at radius 3 is 2.72 bits per heavy atom. The fourth-order valence-corrected chi connectivity index (χ4v) is 2.04. The van der Waals surface area contributed by atoms with Gasteiger partial charge < -0.3 is 9.30 Å². The van der Waals surface area contributed by atoms with Gasteiger partial charge >= 0.3 is 6.09 Å². The Labute approximate surface area is 114 Å². The molecule has 0 unspecified atom stereocenters. The molecule has 0 aliphatic heterocycles. The molecular formula is C13H13BrN2O2. The van der Waals surface area contributed by atoms with E-state index in [2.05, 4.69) is 21.2 Å². The minimum atomic E-state index is -0.465. The van der Waals surface area contributed by atoms with E-state index in [9.17, 15) is 4.79 Å². The number of hydrogen-bond donors (Lipinski definition) is 1. The fraction of sp³-hybridized carbons (Fsp3) is 0.154. The van der Waals surface area contributed by atoms with Gasteiger partial charge in [0.25, 0.3) is 0 Å². The van der Waals surface area contributed by atoms with Crippen molar-refractivity contribution in [2.45, 2.75) is 6.61 Å². The molecule has 1 amide bonds. The van der Waals surface area contributed by atoms with Gasteiger partial charge in [-0.3, -0.25) is 5.32 Å². The predicted octanol–water partition coefficient (Wildman–Crippen LogP) is 3.54. The molecule has 1 N–H and O–H groups in total. The summed E-state index contributed by atoms with van der Waals surface area (Å²) in [6.45, 7) is 0.262. The molecule has 5 heteroatoms. The summed E-state index contributed by atoms with van der Waals surface area (Å²) >= 11 is 3.34. The van der Waals surface area contributed by atoms with E-state index >= 15 is 0 Å². The van der Waals surface area contributed by atoms with Crippen molar-refractivity contribution in [3.05, 3.63) is 52.6 Å². The lowest BCUT2D eigenvalue weighted by Crippen LogP contribution is -2.15. The van der Waals surface area contributed by atoms with Crippen LogP contribution in [0.25, 0.3) is 0 Å². The molecule has 0 fully saturated rings. The lowest BCUT2D eigenvalue weighted by atomic mass is 10.2. The number of amides is 1. The van der Waals surface area contributed by atoms with Gasteiger partial charge in [0, 0.05) is 17.7 Å². The second-order valence-electron chi connectivity index (χ2n) is 3.84. The van der Waals surface area contributed by atoms with E-state index in [1.807, 2.05) is 49.6 Å². The number of halogens is 1. The van der Waals surface area contributed by atoms with Crippen LogP contribution in [0.4, 0.5) is 10.6 Å². The van der Waals surface area contributed by atoms with Gasteiger partial charge in [0.05, 0.1) is 0 Å². The van der Waals surface area contributed by atoms with Crippen LogP contribution in [0.1, 0.15) is 5.56 Å². The summed E-state index contributed by atoms with van der Waals surface area (Å²) in [4.78, 5) is 11.6. The van der Waals surface area contributed by atoms with Crippen LogP contribution in [0.2, 0.25) is 0 Å². The molecule has 4 nitrogen and oxygen atoms in total. The maximum atomic E-state index is 11.6. The van der Waals surface area contributed by atoms with Crippen molar-refractivity contribution in [3.8, 4) is 0 Å². The number of rotatable bonds is 3. The molecule has 0 aliphatic carbocycles. The zero-order valence-corrected chi connectivity index (χ0v) is 11.5. The van der Waals surface area contributed by atoms with Gasteiger partial charge in [-0.1, -0.05) is 30.3 Å². The van der Waals surface area contributed by atoms with Crippen LogP contribution >= 0.6 is 15.9 Å². The largest absolute Gasteiger partial charge is 0.444 e. The summed E-state index contributed by atoms with van der Waals surface area (Å²) in [7, 11) is 1.84. The molecule has 18 heavy (non-hydrogen) atoms. The van der Waals surface area contributed by atoms with Crippen molar-refractivity contribution >= 4 is 27.8 Å². The van der Waals surface area contributed by atoms with E-state index in [0.717, 1.165) is 10.0 Å². The minimum Gasteiger partial charge on any atom is -0.444 e. The third-order valence-corrected chi connectivity index (χ3v) is 2.85. The molecule has 0 radical (unpaired) electrons. The van der Waals surface area contributed by atoms with Gasteiger partial charge in [-0.15, -0.1) is 0 Å². The van der Waals surface area contributed by atoms with Crippen LogP contribution in [0.3, 0.4) is 0 Å². The van der Waals surface area contributed by atoms with Crippen LogP contribution < -0.4 is 5.32 Å². The maximum Gasteiger partial charge on any atom is 0.413 e. The lowest BCUT2D eigenvalue weighted by molar-refractivity contribution is 0.155. The predicted molar refractivity (Wildman–Crippen MR) is 73.4 cm³/mol. The molecule has 2 aromatic rings. The van der Waals surface area contributed by atoms with Gasteiger partial charge in [-0.2, -0.15) is 0 Å². The molecule has 1 aromatic carbocycles. The monoisotopic (exact) mass is 308 g/mol. The van der Waals surface area contributed by atoms with Crippen LogP contribution in [-0.4, -0.2) is 10.7 Å². The molecular weight excluding hydrogens is 296 g/mol. The van der Waals surface area contributed by atoms with Crippen molar-refractivity contribution in [2.24, 2.45) is 7.05 Å². The van der Waals surface area contributed by atoms with Gasteiger partial charge in [0.15, 0.2) is 0 Å². The Kier molecular flexibility index (Phi) is 4.04.